The summed E-state index contributed by atoms with van der Waals surface area (Å²) in [5, 5.41) is 3.81. The van der Waals surface area contributed by atoms with E-state index in [0.29, 0.717) is 11.3 Å². The SMILES string of the molecule is Cc1ccoc1/C=N\NC(=O)c1ccncc1. The monoisotopic (exact) mass is 229 g/mol. The lowest BCUT2D eigenvalue weighted by Gasteiger charge is -1.97. The standard InChI is InChI=1S/C12H11N3O2/c1-9-4-7-17-11(9)8-14-15-12(16)10-2-5-13-6-3-10/h2-8H,1H3,(H,15,16)/b14-8-. The number of amides is 1. The van der Waals surface area contributed by atoms with Crippen molar-refractivity contribution in [1.82, 2.24) is 10.4 Å². The van der Waals surface area contributed by atoms with Gasteiger partial charge in [0.2, 0.25) is 0 Å². The highest BCUT2D eigenvalue weighted by molar-refractivity contribution is 5.94. The Morgan fingerprint density at radius 3 is 2.82 bits per heavy atom. The summed E-state index contributed by atoms with van der Waals surface area (Å²) >= 11 is 0. The molecule has 0 aromatic carbocycles. The van der Waals surface area contributed by atoms with Crippen LogP contribution in [0.5, 0.6) is 0 Å². The molecule has 2 rings (SSSR count). The van der Waals surface area contributed by atoms with E-state index in [1.54, 1.807) is 30.8 Å². The van der Waals surface area contributed by atoms with Gasteiger partial charge in [-0.05, 0) is 30.7 Å². The van der Waals surface area contributed by atoms with E-state index in [9.17, 15) is 4.79 Å². The smallest absolute Gasteiger partial charge is 0.271 e. The van der Waals surface area contributed by atoms with Crippen molar-refractivity contribution in [3.63, 3.8) is 0 Å². The van der Waals surface area contributed by atoms with Crippen molar-refractivity contribution in [3.05, 3.63) is 53.7 Å². The predicted octanol–water partition coefficient (Wildman–Crippen LogP) is 1.75. The van der Waals surface area contributed by atoms with E-state index < -0.39 is 0 Å². The lowest BCUT2D eigenvalue weighted by molar-refractivity contribution is 0.0955. The Balaban J connectivity index is 1.97. The largest absolute Gasteiger partial charge is 0.463 e. The molecular weight excluding hydrogens is 218 g/mol. The molecule has 1 amide bonds. The van der Waals surface area contributed by atoms with Gasteiger partial charge in [0.25, 0.3) is 5.91 Å². The topological polar surface area (TPSA) is 67.5 Å². The summed E-state index contributed by atoms with van der Waals surface area (Å²) in [5.41, 5.74) is 3.88. The fraction of sp³-hybridized carbons (Fsp3) is 0.0833. The van der Waals surface area contributed by atoms with Crippen molar-refractivity contribution in [2.45, 2.75) is 6.92 Å². The molecule has 0 atom stereocenters. The molecule has 0 unspecified atom stereocenters. The van der Waals surface area contributed by atoms with Gasteiger partial charge in [0.15, 0.2) is 0 Å². The van der Waals surface area contributed by atoms with E-state index in [1.165, 1.54) is 6.21 Å². The van der Waals surface area contributed by atoms with Crippen LogP contribution >= 0.6 is 0 Å². The van der Waals surface area contributed by atoms with Crippen molar-refractivity contribution in [2.24, 2.45) is 5.10 Å². The molecule has 0 aliphatic heterocycles. The number of aryl methyl sites for hydroxylation is 1. The van der Waals surface area contributed by atoms with E-state index >= 15 is 0 Å². The zero-order valence-corrected chi connectivity index (χ0v) is 9.25. The van der Waals surface area contributed by atoms with E-state index in [-0.39, 0.29) is 5.91 Å². The van der Waals surface area contributed by atoms with Crippen LogP contribution < -0.4 is 5.43 Å². The van der Waals surface area contributed by atoms with Gasteiger partial charge in [0.1, 0.15) is 5.76 Å². The van der Waals surface area contributed by atoms with Gasteiger partial charge < -0.3 is 4.42 Å². The molecule has 1 N–H and O–H groups in total. The molecule has 5 nitrogen and oxygen atoms in total. The summed E-state index contributed by atoms with van der Waals surface area (Å²) < 4.78 is 5.14. The number of hydrazone groups is 1. The predicted molar refractivity (Wildman–Crippen MR) is 62.7 cm³/mol. The van der Waals surface area contributed by atoms with E-state index in [1.807, 2.05) is 13.0 Å². The number of hydrogen-bond acceptors (Lipinski definition) is 4. The lowest BCUT2D eigenvalue weighted by atomic mass is 10.3. The molecule has 0 radical (unpaired) electrons. The third kappa shape index (κ3) is 2.78. The number of furan rings is 1. The Morgan fingerprint density at radius 2 is 2.18 bits per heavy atom. The zero-order valence-electron chi connectivity index (χ0n) is 9.25. The van der Waals surface area contributed by atoms with Crippen LogP contribution in [0.25, 0.3) is 0 Å². The quantitative estimate of drug-likeness (QED) is 0.644. The summed E-state index contributed by atoms with van der Waals surface area (Å²) in [6.07, 6.45) is 6.14. The van der Waals surface area contributed by atoms with E-state index in [0.717, 1.165) is 5.56 Å². The summed E-state index contributed by atoms with van der Waals surface area (Å²) in [6.45, 7) is 1.90. The summed E-state index contributed by atoms with van der Waals surface area (Å²) in [6, 6.07) is 5.05. The Kier molecular flexibility index (Phi) is 3.30. The molecule has 2 aromatic rings. The molecule has 17 heavy (non-hydrogen) atoms. The number of rotatable bonds is 3. The second kappa shape index (κ2) is 5.07. The fourth-order valence-electron chi connectivity index (χ4n) is 1.23. The molecule has 0 saturated heterocycles. The van der Waals surface area contributed by atoms with E-state index in [4.69, 9.17) is 4.42 Å². The third-order valence-electron chi connectivity index (χ3n) is 2.19. The van der Waals surface area contributed by atoms with Crippen molar-refractivity contribution in [1.29, 1.82) is 0 Å². The minimum absolute atomic E-state index is 0.284. The molecular formula is C12H11N3O2. The number of nitrogens with one attached hydrogen (secondary N) is 1. The molecule has 0 bridgehead atoms. The number of pyridine rings is 1. The summed E-state index contributed by atoms with van der Waals surface area (Å²) in [5.74, 6) is 0.341. The van der Waals surface area contributed by atoms with Crippen LogP contribution in [0.3, 0.4) is 0 Å². The maximum Gasteiger partial charge on any atom is 0.271 e. The summed E-state index contributed by atoms with van der Waals surface area (Å²) in [7, 11) is 0. The second-order valence-electron chi connectivity index (χ2n) is 3.40. The zero-order chi connectivity index (χ0) is 12.1. The Bertz CT molecular complexity index is 532. The highest BCUT2D eigenvalue weighted by Gasteiger charge is 2.02. The van der Waals surface area contributed by atoms with Crippen LogP contribution in [0.4, 0.5) is 0 Å². The van der Waals surface area contributed by atoms with Crippen molar-refractivity contribution in [3.8, 4) is 0 Å². The summed E-state index contributed by atoms with van der Waals surface area (Å²) in [4.78, 5) is 15.4. The van der Waals surface area contributed by atoms with Crippen molar-refractivity contribution < 1.29 is 9.21 Å². The van der Waals surface area contributed by atoms with Crippen LogP contribution in [-0.4, -0.2) is 17.1 Å². The number of nitrogens with zero attached hydrogens (tertiary/aromatic N) is 2. The minimum atomic E-state index is -0.284. The van der Waals surface area contributed by atoms with E-state index in [2.05, 4.69) is 15.5 Å². The maximum atomic E-state index is 11.6. The normalized spacial score (nSPS) is 10.6. The van der Waals surface area contributed by atoms with Gasteiger partial charge in [0, 0.05) is 18.0 Å². The highest BCUT2D eigenvalue weighted by Crippen LogP contribution is 2.04. The first-order valence-electron chi connectivity index (χ1n) is 5.05. The number of hydrogen-bond donors (Lipinski definition) is 1. The molecule has 0 aliphatic carbocycles. The Morgan fingerprint density at radius 1 is 1.41 bits per heavy atom. The first kappa shape index (κ1) is 11.1. The first-order chi connectivity index (χ1) is 8.27. The van der Waals surface area contributed by atoms with Gasteiger partial charge in [-0.25, -0.2) is 5.43 Å². The van der Waals surface area contributed by atoms with Crippen LogP contribution in [0.15, 0.2) is 46.4 Å². The average molecular weight is 229 g/mol. The molecule has 86 valence electrons. The number of carbonyl (C=O) groups excluding carboxylic acids is 1. The van der Waals surface area contributed by atoms with Gasteiger partial charge in [-0.1, -0.05) is 0 Å². The van der Waals surface area contributed by atoms with Gasteiger partial charge in [-0.15, -0.1) is 0 Å². The first-order valence-corrected chi connectivity index (χ1v) is 5.05. The van der Waals surface area contributed by atoms with Crippen LogP contribution in [-0.2, 0) is 0 Å². The van der Waals surface area contributed by atoms with Gasteiger partial charge in [0.05, 0.1) is 12.5 Å². The average Bonchev–Trinajstić information content (AvgIpc) is 2.76. The van der Waals surface area contributed by atoms with Crippen molar-refractivity contribution in [2.75, 3.05) is 0 Å². The Hall–Kier alpha value is -2.43. The molecule has 0 fully saturated rings. The van der Waals surface area contributed by atoms with Gasteiger partial charge in [-0.3, -0.25) is 9.78 Å². The molecule has 0 aliphatic rings. The fourth-order valence-corrected chi connectivity index (χ4v) is 1.23. The minimum Gasteiger partial charge on any atom is -0.463 e. The molecule has 5 heteroatoms. The van der Waals surface area contributed by atoms with Gasteiger partial charge >= 0.3 is 0 Å². The molecule has 0 saturated carbocycles. The van der Waals surface area contributed by atoms with Gasteiger partial charge in [-0.2, -0.15) is 5.10 Å². The maximum absolute atomic E-state index is 11.6. The van der Waals surface area contributed by atoms with Crippen LogP contribution in [0, 0.1) is 6.92 Å². The molecule has 2 aromatic heterocycles. The molecule has 0 spiro atoms. The number of aromatic nitrogens is 1. The number of carbonyl (C=O) groups is 1. The van der Waals surface area contributed by atoms with Crippen LogP contribution in [0.2, 0.25) is 0 Å². The second-order valence-corrected chi connectivity index (χ2v) is 3.40. The van der Waals surface area contributed by atoms with Crippen molar-refractivity contribution >= 4 is 12.1 Å². The Labute approximate surface area is 98.2 Å². The lowest BCUT2D eigenvalue weighted by Crippen LogP contribution is -2.17. The van der Waals surface area contributed by atoms with Crippen LogP contribution in [0.1, 0.15) is 21.7 Å². The molecule has 2 heterocycles. The highest BCUT2D eigenvalue weighted by atomic mass is 16.3. The third-order valence-corrected chi connectivity index (χ3v) is 2.19.